The third kappa shape index (κ3) is 6.63. The number of aliphatic imine (C=N–C) groups is 1. The Bertz CT molecular complexity index is 668. The molecule has 0 saturated carbocycles. The first kappa shape index (κ1) is 21.4. The Kier molecular flexibility index (Phi) is 6.98. The minimum absolute atomic E-state index is 0.0651. The summed E-state index contributed by atoms with van der Waals surface area (Å²) in [6, 6.07) is 1.40. The van der Waals surface area contributed by atoms with Crippen LogP contribution in [0.3, 0.4) is 0 Å². The summed E-state index contributed by atoms with van der Waals surface area (Å²) in [5.74, 6) is -4.29. The van der Waals surface area contributed by atoms with Gasteiger partial charge in [-0.15, -0.1) is 0 Å². The lowest BCUT2D eigenvalue weighted by Gasteiger charge is -2.16. The van der Waals surface area contributed by atoms with Crippen LogP contribution in [0.4, 0.5) is 36.4 Å². The van der Waals surface area contributed by atoms with E-state index in [-0.39, 0.29) is 12.1 Å². The molecule has 0 aromatic heterocycles. The SMILES string of the molecule is CCCN=C(Nc1cc(S(=O)CC(F)(F)F)c(C)cc1F)C(F)(F)F. The first-order chi connectivity index (χ1) is 11.3. The van der Waals surface area contributed by atoms with E-state index in [4.69, 9.17) is 0 Å². The fourth-order valence-corrected chi connectivity index (χ4v) is 2.89. The van der Waals surface area contributed by atoms with Gasteiger partial charge in [0.1, 0.15) is 11.6 Å². The molecule has 11 heteroatoms. The fourth-order valence-electron chi connectivity index (χ4n) is 1.77. The number of alkyl halides is 6. The van der Waals surface area contributed by atoms with Crippen molar-refractivity contribution in [3.8, 4) is 0 Å². The molecule has 1 atom stereocenters. The Morgan fingerprint density at radius 3 is 2.28 bits per heavy atom. The second-order valence-corrected chi connectivity index (χ2v) is 6.48. The van der Waals surface area contributed by atoms with Gasteiger partial charge in [-0.2, -0.15) is 26.3 Å². The number of hydrogen-bond acceptors (Lipinski definition) is 2. The molecule has 1 N–H and O–H groups in total. The highest BCUT2D eigenvalue weighted by atomic mass is 32.2. The second kappa shape index (κ2) is 8.15. The van der Waals surface area contributed by atoms with Gasteiger partial charge in [-0.1, -0.05) is 6.92 Å². The number of nitrogens with zero attached hydrogens (tertiary/aromatic N) is 1. The zero-order valence-electron chi connectivity index (χ0n) is 13.2. The summed E-state index contributed by atoms with van der Waals surface area (Å²) in [7, 11) is -2.58. The molecule has 0 aliphatic rings. The van der Waals surface area contributed by atoms with Gasteiger partial charge in [-0.3, -0.25) is 9.20 Å². The first-order valence-electron chi connectivity index (χ1n) is 6.99. The molecule has 1 unspecified atom stereocenters. The van der Waals surface area contributed by atoms with Crippen molar-refractivity contribution in [2.45, 2.75) is 37.5 Å². The largest absolute Gasteiger partial charge is 0.449 e. The number of anilines is 1. The maximum absolute atomic E-state index is 13.9. The summed E-state index contributed by atoms with van der Waals surface area (Å²) in [5, 5.41) is 1.74. The van der Waals surface area contributed by atoms with Gasteiger partial charge in [-0.25, -0.2) is 4.39 Å². The molecule has 0 fully saturated rings. The van der Waals surface area contributed by atoms with Gasteiger partial charge in [-0.05, 0) is 31.0 Å². The smallest absolute Gasteiger partial charge is 0.334 e. The van der Waals surface area contributed by atoms with Crippen molar-refractivity contribution >= 4 is 22.3 Å². The fraction of sp³-hybridized carbons (Fsp3) is 0.500. The number of benzene rings is 1. The van der Waals surface area contributed by atoms with Gasteiger partial charge in [0.15, 0.2) is 0 Å². The molecule has 1 aromatic carbocycles. The lowest BCUT2D eigenvalue weighted by atomic mass is 10.2. The Hall–Kier alpha value is -1.65. The van der Waals surface area contributed by atoms with E-state index in [0.29, 0.717) is 12.5 Å². The Labute approximate surface area is 141 Å². The van der Waals surface area contributed by atoms with Crippen LogP contribution in [0.15, 0.2) is 22.0 Å². The molecule has 0 heterocycles. The number of hydrogen-bond donors (Lipinski definition) is 1. The van der Waals surface area contributed by atoms with Crippen LogP contribution >= 0.6 is 0 Å². The summed E-state index contributed by atoms with van der Waals surface area (Å²) in [6.07, 6.45) is -9.34. The second-order valence-electron chi connectivity index (χ2n) is 5.06. The van der Waals surface area contributed by atoms with Crippen LogP contribution < -0.4 is 5.32 Å². The van der Waals surface area contributed by atoms with Crippen molar-refractivity contribution in [2.24, 2.45) is 4.99 Å². The van der Waals surface area contributed by atoms with E-state index in [2.05, 4.69) is 4.99 Å². The predicted octanol–water partition coefficient (Wildman–Crippen LogP) is 4.59. The van der Waals surface area contributed by atoms with E-state index in [1.807, 2.05) is 0 Å². The molecule has 0 spiro atoms. The van der Waals surface area contributed by atoms with Crippen LogP contribution in [-0.4, -0.2) is 34.7 Å². The highest BCUT2D eigenvalue weighted by Crippen LogP contribution is 2.28. The molecular formula is C14H15F7N2OS. The molecule has 0 radical (unpaired) electrons. The Morgan fingerprint density at radius 2 is 1.80 bits per heavy atom. The molecule has 0 saturated heterocycles. The van der Waals surface area contributed by atoms with Crippen molar-refractivity contribution in [1.29, 1.82) is 0 Å². The van der Waals surface area contributed by atoms with E-state index in [1.54, 1.807) is 12.2 Å². The zero-order chi connectivity index (χ0) is 19.4. The van der Waals surface area contributed by atoms with Crippen molar-refractivity contribution in [1.82, 2.24) is 0 Å². The number of halogens is 7. The summed E-state index contributed by atoms with van der Waals surface area (Å²) >= 11 is 0. The van der Waals surface area contributed by atoms with Gasteiger partial charge < -0.3 is 5.32 Å². The molecule has 3 nitrogen and oxygen atoms in total. The highest BCUT2D eigenvalue weighted by molar-refractivity contribution is 7.85. The Balaban J connectivity index is 3.24. The minimum Gasteiger partial charge on any atom is -0.334 e. The van der Waals surface area contributed by atoms with Crippen LogP contribution in [-0.2, 0) is 10.8 Å². The number of nitrogens with one attached hydrogen (secondary N) is 1. The van der Waals surface area contributed by atoms with E-state index < -0.39 is 51.1 Å². The normalized spacial score (nSPS) is 14.5. The van der Waals surface area contributed by atoms with Gasteiger partial charge in [0.25, 0.3) is 0 Å². The maximum atomic E-state index is 13.9. The third-order valence-corrected chi connectivity index (χ3v) is 4.34. The van der Waals surface area contributed by atoms with Crippen molar-refractivity contribution in [3.63, 3.8) is 0 Å². The highest BCUT2D eigenvalue weighted by Gasteiger charge is 2.37. The van der Waals surface area contributed by atoms with E-state index >= 15 is 0 Å². The van der Waals surface area contributed by atoms with Gasteiger partial charge in [0.05, 0.1) is 16.5 Å². The molecule has 0 aliphatic heterocycles. The predicted molar refractivity (Wildman–Crippen MR) is 80.7 cm³/mol. The topological polar surface area (TPSA) is 41.5 Å². The molecule has 1 aromatic rings. The van der Waals surface area contributed by atoms with E-state index in [9.17, 15) is 34.9 Å². The quantitative estimate of drug-likeness (QED) is 0.453. The summed E-state index contributed by atoms with van der Waals surface area (Å²) in [4.78, 5) is 2.86. The first-order valence-corrected chi connectivity index (χ1v) is 8.31. The van der Waals surface area contributed by atoms with Crippen molar-refractivity contribution in [3.05, 3.63) is 23.5 Å². The van der Waals surface area contributed by atoms with Gasteiger partial charge in [0.2, 0.25) is 5.84 Å². The molecule has 1 rings (SSSR count). The molecule has 0 bridgehead atoms. The zero-order valence-corrected chi connectivity index (χ0v) is 14.0. The lowest BCUT2D eigenvalue weighted by molar-refractivity contribution is -0.105. The number of aryl methyl sites for hydroxylation is 1. The summed E-state index contributed by atoms with van der Waals surface area (Å²) in [6.45, 7) is 2.62. The van der Waals surface area contributed by atoms with Gasteiger partial charge in [0, 0.05) is 11.4 Å². The average molecular weight is 392 g/mol. The number of rotatable bonds is 5. The van der Waals surface area contributed by atoms with Crippen LogP contribution in [0.1, 0.15) is 18.9 Å². The number of amidine groups is 1. The Morgan fingerprint density at radius 1 is 1.20 bits per heavy atom. The van der Waals surface area contributed by atoms with Crippen molar-refractivity contribution < 1.29 is 34.9 Å². The van der Waals surface area contributed by atoms with E-state index in [1.165, 1.54) is 6.92 Å². The average Bonchev–Trinajstić information content (AvgIpc) is 2.42. The standard InChI is InChI=1S/C14H15F7N2OS/c1-3-4-22-12(14(19,20)21)23-10-6-11(8(2)5-9(10)15)25(24)7-13(16,17)18/h5-6H,3-4,7H2,1-2H3,(H,22,23). The van der Waals surface area contributed by atoms with Crippen LogP contribution in [0, 0.1) is 12.7 Å². The monoisotopic (exact) mass is 392 g/mol. The summed E-state index contributed by atoms with van der Waals surface area (Å²) in [5.41, 5.74) is -0.812. The van der Waals surface area contributed by atoms with Crippen LogP contribution in [0.25, 0.3) is 0 Å². The molecule has 0 amide bonds. The van der Waals surface area contributed by atoms with Gasteiger partial charge >= 0.3 is 12.4 Å². The molecule has 25 heavy (non-hydrogen) atoms. The maximum Gasteiger partial charge on any atom is 0.449 e. The molecular weight excluding hydrogens is 377 g/mol. The molecule has 0 aliphatic carbocycles. The van der Waals surface area contributed by atoms with Crippen LogP contribution in [0.5, 0.6) is 0 Å². The van der Waals surface area contributed by atoms with E-state index in [0.717, 1.165) is 6.07 Å². The molecule has 142 valence electrons. The lowest BCUT2D eigenvalue weighted by Crippen LogP contribution is -2.31. The van der Waals surface area contributed by atoms with Crippen LogP contribution in [0.2, 0.25) is 0 Å². The third-order valence-electron chi connectivity index (χ3n) is 2.82. The minimum atomic E-state index is -4.90. The van der Waals surface area contributed by atoms with Crippen molar-refractivity contribution in [2.75, 3.05) is 17.6 Å². The summed E-state index contributed by atoms with van der Waals surface area (Å²) < 4.78 is 101.